The minimum Gasteiger partial charge on any atom is -0.493 e. The maximum atomic E-state index is 9.77. The summed E-state index contributed by atoms with van der Waals surface area (Å²) in [4.78, 5) is 4.55. The summed E-state index contributed by atoms with van der Waals surface area (Å²) in [5.41, 5.74) is 5.70. The van der Waals surface area contributed by atoms with Crippen LogP contribution in [0.15, 0.2) is 60.8 Å². The van der Waals surface area contributed by atoms with Crippen LogP contribution < -0.4 is 24.8 Å². The van der Waals surface area contributed by atoms with Gasteiger partial charge in [0.15, 0.2) is 11.5 Å². The summed E-state index contributed by atoms with van der Waals surface area (Å²) in [6.45, 7) is 1.33. The first-order valence-electron chi connectivity index (χ1n) is 11.4. The lowest BCUT2D eigenvalue weighted by molar-refractivity contribution is 0.292. The average Bonchev–Trinajstić information content (AvgIpc) is 2.92. The van der Waals surface area contributed by atoms with Gasteiger partial charge in [0.1, 0.15) is 6.07 Å². The molecule has 4 aromatic rings. The molecule has 0 aliphatic rings. The predicted molar refractivity (Wildman–Crippen MR) is 140 cm³/mol. The molecule has 0 saturated carbocycles. The number of nitrogens with one attached hydrogen (secondary N) is 2. The van der Waals surface area contributed by atoms with Crippen molar-refractivity contribution in [2.75, 3.05) is 39.8 Å². The van der Waals surface area contributed by atoms with Gasteiger partial charge in [-0.2, -0.15) is 5.26 Å². The fourth-order valence-electron chi connectivity index (χ4n) is 4.06. The zero-order valence-corrected chi connectivity index (χ0v) is 20.5. The molecule has 0 unspecified atom stereocenters. The van der Waals surface area contributed by atoms with Crippen LogP contribution in [0.4, 0.5) is 11.4 Å². The highest BCUT2D eigenvalue weighted by atomic mass is 16.5. The third-order valence-electron chi connectivity index (χ3n) is 5.80. The molecule has 0 spiro atoms. The second-order valence-corrected chi connectivity index (χ2v) is 8.03. The fourth-order valence-corrected chi connectivity index (χ4v) is 4.06. The van der Waals surface area contributed by atoms with E-state index in [1.165, 1.54) is 0 Å². The number of hydrogen-bond donors (Lipinski definition) is 3. The molecule has 0 fully saturated rings. The lowest BCUT2D eigenvalue weighted by Crippen LogP contribution is -2.17. The Balaban J connectivity index is 1.73. The van der Waals surface area contributed by atoms with E-state index in [4.69, 9.17) is 19.3 Å². The summed E-state index contributed by atoms with van der Waals surface area (Å²) in [6.07, 6.45) is 1.57. The number of pyridine rings is 1. The summed E-state index contributed by atoms with van der Waals surface area (Å²) in [7, 11) is 4.67. The fraction of sp³-hybridized carbons (Fsp3) is 0.214. The Morgan fingerprint density at radius 2 is 1.69 bits per heavy atom. The van der Waals surface area contributed by atoms with E-state index in [1.807, 2.05) is 30.3 Å². The van der Waals surface area contributed by atoms with Crippen LogP contribution in [-0.4, -0.2) is 44.6 Å². The molecule has 0 amide bonds. The van der Waals surface area contributed by atoms with Crippen molar-refractivity contribution >= 4 is 22.3 Å². The summed E-state index contributed by atoms with van der Waals surface area (Å²) in [5.74, 6) is 1.50. The number of aliphatic hydroxyl groups excluding tert-OH is 1. The maximum absolute atomic E-state index is 9.77. The SMILES string of the molecule is COc1cc(Nc2c(C#N)cnc3cc(-c4cccc(CNCCO)c4)ccc23)cc(OC)c1OC. The van der Waals surface area contributed by atoms with Crippen LogP contribution in [0, 0.1) is 11.3 Å². The van der Waals surface area contributed by atoms with Gasteiger partial charge in [0.25, 0.3) is 0 Å². The number of rotatable bonds is 10. The lowest BCUT2D eigenvalue weighted by Gasteiger charge is -2.17. The molecule has 0 atom stereocenters. The largest absolute Gasteiger partial charge is 0.493 e. The summed E-state index contributed by atoms with van der Waals surface area (Å²) < 4.78 is 16.3. The van der Waals surface area contributed by atoms with Crippen molar-refractivity contribution in [3.8, 4) is 34.4 Å². The normalized spacial score (nSPS) is 10.6. The van der Waals surface area contributed by atoms with Crippen molar-refractivity contribution in [1.82, 2.24) is 10.3 Å². The standard InChI is InChI=1S/C28H28N4O4/c1-34-25-13-22(14-26(35-2)28(25)36-3)32-27-21(15-29)17-31-24-12-20(7-8-23(24)27)19-6-4-5-18(11-19)16-30-9-10-33/h4-8,11-14,17,30,33H,9-10,16H2,1-3H3,(H,31,32). The van der Waals surface area contributed by atoms with Crippen LogP contribution in [0.5, 0.6) is 17.2 Å². The molecule has 1 heterocycles. The van der Waals surface area contributed by atoms with E-state index >= 15 is 0 Å². The van der Waals surface area contributed by atoms with Gasteiger partial charge in [-0.3, -0.25) is 4.98 Å². The third-order valence-corrected chi connectivity index (χ3v) is 5.80. The van der Waals surface area contributed by atoms with Crippen LogP contribution in [0.1, 0.15) is 11.1 Å². The molecule has 3 aromatic carbocycles. The number of methoxy groups -OCH3 is 3. The Hall–Kier alpha value is -4.32. The molecule has 0 aliphatic heterocycles. The van der Waals surface area contributed by atoms with Gasteiger partial charge in [-0.25, -0.2) is 0 Å². The minimum absolute atomic E-state index is 0.104. The van der Waals surface area contributed by atoms with Gasteiger partial charge in [0.2, 0.25) is 5.75 Å². The molecule has 0 bridgehead atoms. The molecule has 3 N–H and O–H groups in total. The highest BCUT2D eigenvalue weighted by Crippen LogP contribution is 2.41. The quantitative estimate of drug-likeness (QED) is 0.280. The molecular weight excluding hydrogens is 456 g/mol. The Morgan fingerprint density at radius 1 is 0.944 bits per heavy atom. The zero-order chi connectivity index (χ0) is 25.5. The number of aliphatic hydroxyl groups is 1. The second-order valence-electron chi connectivity index (χ2n) is 8.03. The number of fused-ring (bicyclic) bond motifs is 1. The van der Waals surface area contributed by atoms with Crippen molar-refractivity contribution in [2.45, 2.75) is 6.54 Å². The van der Waals surface area contributed by atoms with Crippen LogP contribution in [0.25, 0.3) is 22.0 Å². The van der Waals surface area contributed by atoms with E-state index in [0.717, 1.165) is 27.6 Å². The van der Waals surface area contributed by atoms with Crippen LogP contribution in [0.2, 0.25) is 0 Å². The minimum atomic E-state index is 0.104. The number of nitriles is 1. The maximum Gasteiger partial charge on any atom is 0.203 e. The van der Waals surface area contributed by atoms with Crippen molar-refractivity contribution in [2.24, 2.45) is 0 Å². The predicted octanol–water partition coefficient (Wildman–Crippen LogP) is 4.62. The van der Waals surface area contributed by atoms with Gasteiger partial charge in [0, 0.05) is 42.5 Å². The second kappa shape index (κ2) is 11.4. The molecule has 8 nitrogen and oxygen atoms in total. The molecule has 8 heteroatoms. The molecule has 36 heavy (non-hydrogen) atoms. The van der Waals surface area contributed by atoms with Gasteiger partial charge in [0.05, 0.1) is 44.7 Å². The first-order valence-corrected chi connectivity index (χ1v) is 11.4. The van der Waals surface area contributed by atoms with Gasteiger partial charge in [-0.05, 0) is 28.8 Å². The zero-order valence-electron chi connectivity index (χ0n) is 20.5. The van der Waals surface area contributed by atoms with Gasteiger partial charge in [-0.1, -0.05) is 30.3 Å². The Morgan fingerprint density at radius 3 is 2.36 bits per heavy atom. The van der Waals surface area contributed by atoms with Gasteiger partial charge in [-0.15, -0.1) is 0 Å². The number of benzene rings is 3. The molecule has 0 aliphatic carbocycles. The van der Waals surface area contributed by atoms with E-state index < -0.39 is 0 Å². The van der Waals surface area contributed by atoms with E-state index in [9.17, 15) is 5.26 Å². The number of ether oxygens (including phenoxy) is 3. The summed E-state index contributed by atoms with van der Waals surface area (Å²) >= 11 is 0. The Bertz CT molecular complexity index is 1390. The van der Waals surface area contributed by atoms with Crippen molar-refractivity contribution in [3.63, 3.8) is 0 Å². The third kappa shape index (κ3) is 5.18. The first kappa shape index (κ1) is 24.8. The summed E-state index contributed by atoms with van der Waals surface area (Å²) in [6, 6.07) is 20.0. The molecule has 4 rings (SSSR count). The molecule has 1 aromatic heterocycles. The van der Waals surface area contributed by atoms with Crippen LogP contribution in [0.3, 0.4) is 0 Å². The average molecular weight is 485 g/mol. The topological polar surface area (TPSA) is 109 Å². The lowest BCUT2D eigenvalue weighted by atomic mass is 10.00. The molecular formula is C28H28N4O4. The van der Waals surface area contributed by atoms with Crippen molar-refractivity contribution in [3.05, 3.63) is 71.9 Å². The molecule has 0 radical (unpaired) electrons. The number of hydrogen-bond acceptors (Lipinski definition) is 8. The highest BCUT2D eigenvalue weighted by molar-refractivity contribution is 5.98. The Kier molecular flexibility index (Phi) is 7.85. The number of aromatic nitrogens is 1. The number of anilines is 2. The molecule has 0 saturated heterocycles. The first-order chi connectivity index (χ1) is 17.6. The highest BCUT2D eigenvalue weighted by Gasteiger charge is 2.16. The molecule has 184 valence electrons. The van der Waals surface area contributed by atoms with Gasteiger partial charge >= 0.3 is 0 Å². The summed E-state index contributed by atoms with van der Waals surface area (Å²) in [5, 5.41) is 26.1. The van der Waals surface area contributed by atoms with E-state index in [0.29, 0.717) is 47.3 Å². The van der Waals surface area contributed by atoms with E-state index in [1.54, 1.807) is 39.7 Å². The Labute approximate surface area is 210 Å². The van der Waals surface area contributed by atoms with Crippen molar-refractivity contribution < 1.29 is 19.3 Å². The van der Waals surface area contributed by atoms with E-state index in [-0.39, 0.29) is 6.61 Å². The monoisotopic (exact) mass is 484 g/mol. The van der Waals surface area contributed by atoms with Crippen molar-refractivity contribution in [1.29, 1.82) is 5.26 Å². The smallest absolute Gasteiger partial charge is 0.203 e. The van der Waals surface area contributed by atoms with Crippen LogP contribution in [-0.2, 0) is 6.54 Å². The van der Waals surface area contributed by atoms with Crippen LogP contribution >= 0.6 is 0 Å². The van der Waals surface area contributed by atoms with Gasteiger partial charge < -0.3 is 30.0 Å². The van der Waals surface area contributed by atoms with E-state index in [2.05, 4.69) is 33.8 Å². The number of nitrogens with zero attached hydrogens (tertiary/aromatic N) is 2.